The van der Waals surface area contributed by atoms with Crippen molar-refractivity contribution in [2.45, 2.75) is 33.1 Å². The lowest BCUT2D eigenvalue weighted by Crippen LogP contribution is -2.12. The van der Waals surface area contributed by atoms with E-state index in [1.807, 2.05) is 6.92 Å². The summed E-state index contributed by atoms with van der Waals surface area (Å²) in [5.74, 6) is 1.70. The zero-order valence-electron chi connectivity index (χ0n) is 9.04. The molecule has 0 bridgehead atoms. The van der Waals surface area contributed by atoms with Crippen molar-refractivity contribution in [1.29, 1.82) is 0 Å². The van der Waals surface area contributed by atoms with Crippen LogP contribution >= 0.6 is 0 Å². The molecule has 4 N–H and O–H groups in total. The molecule has 0 unspecified atom stereocenters. The third-order valence-corrected chi connectivity index (χ3v) is 2.16. The summed E-state index contributed by atoms with van der Waals surface area (Å²) in [5.41, 5.74) is 13.3. The number of hydrogen-bond donors (Lipinski definition) is 2. The molecular formula is C10H18N4. The maximum atomic E-state index is 5.86. The van der Waals surface area contributed by atoms with Crippen molar-refractivity contribution >= 4 is 5.82 Å². The molecular weight excluding hydrogens is 176 g/mol. The summed E-state index contributed by atoms with van der Waals surface area (Å²) in [5, 5.41) is 0. The molecule has 0 aromatic carbocycles. The number of anilines is 1. The smallest absolute Gasteiger partial charge is 0.132 e. The van der Waals surface area contributed by atoms with Gasteiger partial charge in [0.2, 0.25) is 0 Å². The molecule has 0 amide bonds. The highest BCUT2D eigenvalue weighted by molar-refractivity contribution is 5.44. The summed E-state index contributed by atoms with van der Waals surface area (Å²) >= 11 is 0. The van der Waals surface area contributed by atoms with Gasteiger partial charge in [-0.15, -0.1) is 0 Å². The lowest BCUT2D eigenvalue weighted by molar-refractivity contribution is 0.798. The van der Waals surface area contributed by atoms with Crippen molar-refractivity contribution in [3.05, 3.63) is 17.1 Å². The molecule has 0 atom stereocenters. The highest BCUT2D eigenvalue weighted by atomic mass is 15.0. The molecule has 0 saturated carbocycles. The lowest BCUT2D eigenvalue weighted by Gasteiger charge is -2.12. The minimum atomic E-state index is 0.363. The van der Waals surface area contributed by atoms with E-state index in [1.54, 1.807) is 0 Å². The number of nitrogen functional groups attached to an aromatic ring is 1. The van der Waals surface area contributed by atoms with Crippen LogP contribution in [-0.4, -0.2) is 16.5 Å². The third-order valence-electron chi connectivity index (χ3n) is 2.16. The highest BCUT2D eigenvalue weighted by Gasteiger charge is 2.11. The molecule has 1 rings (SSSR count). The summed E-state index contributed by atoms with van der Waals surface area (Å²) in [6.45, 7) is 6.70. The van der Waals surface area contributed by atoms with Gasteiger partial charge >= 0.3 is 0 Å². The van der Waals surface area contributed by atoms with Crippen LogP contribution in [0, 0.1) is 6.92 Å². The van der Waals surface area contributed by atoms with Gasteiger partial charge in [-0.25, -0.2) is 9.97 Å². The lowest BCUT2D eigenvalue weighted by atomic mass is 10.0. The molecule has 78 valence electrons. The Hall–Kier alpha value is -1.16. The van der Waals surface area contributed by atoms with Crippen LogP contribution in [0.2, 0.25) is 0 Å². The first-order valence-corrected chi connectivity index (χ1v) is 4.89. The third kappa shape index (κ3) is 2.20. The summed E-state index contributed by atoms with van der Waals surface area (Å²) < 4.78 is 0. The number of nitrogens with two attached hydrogens (primary N) is 2. The largest absolute Gasteiger partial charge is 0.383 e. The van der Waals surface area contributed by atoms with Crippen LogP contribution in [0.3, 0.4) is 0 Å². The van der Waals surface area contributed by atoms with Crippen LogP contribution < -0.4 is 11.5 Å². The Bertz CT molecular complexity index is 297. The van der Waals surface area contributed by atoms with Gasteiger partial charge in [0.15, 0.2) is 0 Å². The maximum Gasteiger partial charge on any atom is 0.132 e. The van der Waals surface area contributed by atoms with Gasteiger partial charge in [0.05, 0.1) is 0 Å². The average Bonchev–Trinajstić information content (AvgIpc) is 2.01. The molecule has 0 fully saturated rings. The SMILES string of the molecule is Cc1nc(CCN)nc(N)c1C(C)C. The number of aromatic nitrogens is 2. The Balaban J connectivity index is 3.11. The van der Waals surface area contributed by atoms with Crippen molar-refractivity contribution in [3.8, 4) is 0 Å². The summed E-state index contributed by atoms with van der Waals surface area (Å²) in [4.78, 5) is 8.61. The van der Waals surface area contributed by atoms with Crippen molar-refractivity contribution in [2.24, 2.45) is 5.73 Å². The summed E-state index contributed by atoms with van der Waals surface area (Å²) in [6.07, 6.45) is 0.684. The molecule has 4 nitrogen and oxygen atoms in total. The Morgan fingerprint density at radius 2 is 1.93 bits per heavy atom. The quantitative estimate of drug-likeness (QED) is 0.752. The fourth-order valence-electron chi connectivity index (χ4n) is 1.62. The molecule has 0 aliphatic rings. The number of aryl methyl sites for hydroxylation is 1. The predicted molar refractivity (Wildman–Crippen MR) is 58.0 cm³/mol. The van der Waals surface area contributed by atoms with E-state index in [2.05, 4.69) is 23.8 Å². The molecule has 1 aromatic heterocycles. The Morgan fingerprint density at radius 3 is 2.36 bits per heavy atom. The van der Waals surface area contributed by atoms with Gasteiger partial charge in [0, 0.05) is 17.7 Å². The molecule has 1 aromatic rings. The molecule has 0 saturated heterocycles. The topological polar surface area (TPSA) is 77.8 Å². The Labute approximate surface area is 84.7 Å². The van der Waals surface area contributed by atoms with Crippen LogP contribution in [0.25, 0.3) is 0 Å². The van der Waals surface area contributed by atoms with E-state index >= 15 is 0 Å². The van der Waals surface area contributed by atoms with Crippen molar-refractivity contribution in [1.82, 2.24) is 9.97 Å². The van der Waals surface area contributed by atoms with E-state index in [-0.39, 0.29) is 0 Å². The monoisotopic (exact) mass is 194 g/mol. The van der Waals surface area contributed by atoms with Gasteiger partial charge in [-0.2, -0.15) is 0 Å². The standard InChI is InChI=1S/C10H18N4/c1-6(2)9-7(3)13-8(4-5-11)14-10(9)12/h6H,4-5,11H2,1-3H3,(H2,12,13,14). The maximum absolute atomic E-state index is 5.86. The van der Waals surface area contributed by atoms with Gasteiger partial charge < -0.3 is 11.5 Å². The Morgan fingerprint density at radius 1 is 1.29 bits per heavy atom. The fraction of sp³-hybridized carbons (Fsp3) is 0.600. The van der Waals surface area contributed by atoms with Crippen molar-refractivity contribution in [3.63, 3.8) is 0 Å². The van der Waals surface area contributed by atoms with Gasteiger partial charge in [-0.3, -0.25) is 0 Å². The van der Waals surface area contributed by atoms with Crippen LogP contribution in [0.4, 0.5) is 5.82 Å². The number of nitrogens with zero attached hydrogens (tertiary/aromatic N) is 2. The van der Waals surface area contributed by atoms with E-state index in [0.717, 1.165) is 17.1 Å². The van der Waals surface area contributed by atoms with E-state index < -0.39 is 0 Å². The summed E-state index contributed by atoms with van der Waals surface area (Å²) in [6, 6.07) is 0. The van der Waals surface area contributed by atoms with Crippen LogP contribution in [0.15, 0.2) is 0 Å². The predicted octanol–water partition coefficient (Wildman–Crippen LogP) is 0.992. The summed E-state index contributed by atoms with van der Waals surface area (Å²) in [7, 11) is 0. The second kappa shape index (κ2) is 4.37. The molecule has 14 heavy (non-hydrogen) atoms. The van der Waals surface area contributed by atoms with E-state index in [9.17, 15) is 0 Å². The normalized spacial score (nSPS) is 10.9. The first-order chi connectivity index (χ1) is 6.56. The van der Waals surface area contributed by atoms with Gasteiger partial charge in [0.25, 0.3) is 0 Å². The van der Waals surface area contributed by atoms with Crippen LogP contribution in [0.5, 0.6) is 0 Å². The van der Waals surface area contributed by atoms with Crippen LogP contribution in [0.1, 0.15) is 36.8 Å². The minimum absolute atomic E-state index is 0.363. The molecule has 4 heteroatoms. The molecule has 0 aliphatic heterocycles. The zero-order valence-corrected chi connectivity index (χ0v) is 9.04. The van der Waals surface area contributed by atoms with Crippen molar-refractivity contribution in [2.75, 3.05) is 12.3 Å². The average molecular weight is 194 g/mol. The zero-order chi connectivity index (χ0) is 10.7. The first kappa shape index (κ1) is 10.9. The van der Waals surface area contributed by atoms with E-state index in [4.69, 9.17) is 11.5 Å². The van der Waals surface area contributed by atoms with Crippen molar-refractivity contribution < 1.29 is 0 Å². The van der Waals surface area contributed by atoms with E-state index in [1.165, 1.54) is 0 Å². The molecule has 0 radical (unpaired) electrons. The highest BCUT2D eigenvalue weighted by Crippen LogP contribution is 2.22. The van der Waals surface area contributed by atoms with E-state index in [0.29, 0.717) is 24.7 Å². The fourth-order valence-corrected chi connectivity index (χ4v) is 1.62. The van der Waals surface area contributed by atoms with Gasteiger partial charge in [0.1, 0.15) is 11.6 Å². The second-order valence-corrected chi connectivity index (χ2v) is 3.72. The Kier molecular flexibility index (Phi) is 3.41. The van der Waals surface area contributed by atoms with Crippen LogP contribution in [-0.2, 0) is 6.42 Å². The van der Waals surface area contributed by atoms with Gasteiger partial charge in [-0.1, -0.05) is 13.8 Å². The number of rotatable bonds is 3. The molecule has 0 spiro atoms. The number of hydrogen-bond acceptors (Lipinski definition) is 4. The molecule has 0 aliphatic carbocycles. The second-order valence-electron chi connectivity index (χ2n) is 3.72. The van der Waals surface area contributed by atoms with Gasteiger partial charge in [-0.05, 0) is 19.4 Å². The minimum Gasteiger partial charge on any atom is -0.383 e. The molecule has 1 heterocycles. The first-order valence-electron chi connectivity index (χ1n) is 4.89.